The van der Waals surface area contributed by atoms with Crippen LogP contribution in [0.4, 0.5) is 4.79 Å². The minimum absolute atomic E-state index is 0.0567. The molecule has 1 fully saturated rings. The molecule has 186 valence electrons. The maximum atomic E-state index is 13.1. The maximum absolute atomic E-state index is 13.1. The standard InChI is InChI=1S/C24H26N2O9/c1-30-17-5-11(6-18(31-2)21(17)27)19-12-7-15-16(34-10-33-15)8-13(12)22(35-24(29)26-4-3-25)14-9-32-23(28)20(14)19/h5-8,14,19-20,22,27H,3-4,9-10,25H2,1-2H3,(H,26,29)/t14?,19-,20+,22-/m1/s1. The van der Waals surface area contributed by atoms with Gasteiger partial charge in [0.05, 0.1) is 26.7 Å². The van der Waals surface area contributed by atoms with Gasteiger partial charge in [0.2, 0.25) is 12.5 Å². The van der Waals surface area contributed by atoms with Crippen molar-refractivity contribution in [2.75, 3.05) is 40.7 Å². The predicted octanol–water partition coefficient (Wildman–Crippen LogP) is 1.80. The van der Waals surface area contributed by atoms with Crippen LogP contribution in [-0.4, -0.2) is 57.9 Å². The number of hydrogen-bond donors (Lipinski definition) is 3. The molecule has 1 saturated heterocycles. The number of fused-ring (bicyclic) bond motifs is 3. The van der Waals surface area contributed by atoms with Gasteiger partial charge in [0.25, 0.3) is 0 Å². The Balaban J connectivity index is 1.68. The molecular weight excluding hydrogens is 460 g/mol. The van der Waals surface area contributed by atoms with Crippen molar-refractivity contribution in [3.05, 3.63) is 41.0 Å². The van der Waals surface area contributed by atoms with Crippen LogP contribution in [0.1, 0.15) is 28.7 Å². The van der Waals surface area contributed by atoms with E-state index in [4.69, 9.17) is 34.2 Å². The summed E-state index contributed by atoms with van der Waals surface area (Å²) in [6.07, 6.45) is -1.42. The molecule has 0 bridgehead atoms. The number of nitrogens with one attached hydrogen (secondary N) is 1. The van der Waals surface area contributed by atoms with Gasteiger partial charge in [-0.2, -0.15) is 0 Å². The van der Waals surface area contributed by atoms with Crippen LogP contribution < -0.4 is 30.0 Å². The molecule has 1 amide bonds. The van der Waals surface area contributed by atoms with Gasteiger partial charge < -0.3 is 44.6 Å². The Hall–Kier alpha value is -3.86. The van der Waals surface area contributed by atoms with E-state index in [2.05, 4.69) is 5.32 Å². The second-order valence-corrected chi connectivity index (χ2v) is 8.45. The first-order chi connectivity index (χ1) is 17.0. The number of phenolic OH excluding ortho intramolecular Hbond substituents is 1. The zero-order valence-corrected chi connectivity index (χ0v) is 19.2. The lowest BCUT2D eigenvalue weighted by Gasteiger charge is -2.38. The summed E-state index contributed by atoms with van der Waals surface area (Å²) in [6.45, 7) is 0.643. The van der Waals surface area contributed by atoms with Crippen molar-refractivity contribution >= 4 is 12.1 Å². The Labute approximate surface area is 201 Å². The van der Waals surface area contributed by atoms with Gasteiger partial charge in [-0.1, -0.05) is 0 Å². The molecule has 0 saturated carbocycles. The number of rotatable bonds is 6. The lowest BCUT2D eigenvalue weighted by Crippen LogP contribution is -2.39. The highest BCUT2D eigenvalue weighted by molar-refractivity contribution is 5.79. The summed E-state index contributed by atoms with van der Waals surface area (Å²) < 4.78 is 33.2. The van der Waals surface area contributed by atoms with Gasteiger partial charge in [-0.15, -0.1) is 0 Å². The quantitative estimate of drug-likeness (QED) is 0.516. The Bertz CT molecular complexity index is 1140. The van der Waals surface area contributed by atoms with Crippen LogP contribution in [-0.2, 0) is 14.3 Å². The van der Waals surface area contributed by atoms with Crippen molar-refractivity contribution in [2.45, 2.75) is 12.0 Å². The number of carbonyl (C=O) groups excluding carboxylic acids is 2. The first-order valence-electron chi connectivity index (χ1n) is 11.2. The van der Waals surface area contributed by atoms with Gasteiger partial charge in [-0.3, -0.25) is 4.79 Å². The zero-order chi connectivity index (χ0) is 24.7. The second kappa shape index (κ2) is 9.06. The molecule has 35 heavy (non-hydrogen) atoms. The lowest BCUT2D eigenvalue weighted by atomic mass is 9.66. The van der Waals surface area contributed by atoms with Crippen LogP contribution in [0.2, 0.25) is 0 Å². The number of esters is 1. The van der Waals surface area contributed by atoms with Gasteiger partial charge in [-0.25, -0.2) is 4.79 Å². The van der Waals surface area contributed by atoms with E-state index in [-0.39, 0.29) is 43.7 Å². The monoisotopic (exact) mass is 486 g/mol. The minimum atomic E-state index is -0.772. The molecule has 3 aliphatic rings. The number of methoxy groups -OCH3 is 2. The number of amides is 1. The van der Waals surface area contributed by atoms with Gasteiger partial charge >= 0.3 is 12.1 Å². The van der Waals surface area contributed by atoms with Crippen LogP contribution in [0.25, 0.3) is 0 Å². The third kappa shape index (κ3) is 3.81. The Kier molecular flexibility index (Phi) is 5.93. The maximum Gasteiger partial charge on any atom is 0.407 e. The van der Waals surface area contributed by atoms with Gasteiger partial charge in [0, 0.05) is 30.5 Å². The third-order valence-electron chi connectivity index (χ3n) is 6.63. The first kappa shape index (κ1) is 22.9. The van der Waals surface area contributed by atoms with Crippen LogP contribution >= 0.6 is 0 Å². The topological polar surface area (TPSA) is 148 Å². The highest BCUT2D eigenvalue weighted by Crippen LogP contribution is 2.56. The molecule has 5 rings (SSSR count). The predicted molar refractivity (Wildman–Crippen MR) is 120 cm³/mol. The highest BCUT2D eigenvalue weighted by Gasteiger charge is 2.54. The Morgan fingerprint density at radius 1 is 1.09 bits per heavy atom. The van der Waals surface area contributed by atoms with E-state index in [1.807, 2.05) is 0 Å². The summed E-state index contributed by atoms with van der Waals surface area (Å²) in [5.41, 5.74) is 7.53. The number of ether oxygens (including phenoxy) is 6. The Morgan fingerprint density at radius 3 is 2.37 bits per heavy atom. The number of cyclic esters (lactones) is 1. The molecule has 2 aromatic rings. The summed E-state index contributed by atoms with van der Waals surface area (Å²) in [6, 6.07) is 6.90. The molecule has 2 heterocycles. The summed E-state index contributed by atoms with van der Waals surface area (Å²) in [4.78, 5) is 25.6. The molecule has 0 radical (unpaired) electrons. The molecule has 2 aliphatic heterocycles. The molecule has 11 heteroatoms. The third-order valence-corrected chi connectivity index (χ3v) is 6.63. The minimum Gasteiger partial charge on any atom is -0.502 e. The van der Waals surface area contributed by atoms with Crippen LogP contribution in [0.3, 0.4) is 0 Å². The van der Waals surface area contributed by atoms with Crippen LogP contribution in [0, 0.1) is 11.8 Å². The SMILES string of the molecule is COc1cc([C@@H]2c3cc4c(cc3[C@@H](OC(=O)NCCN)C3COC(=O)[C@@H]32)OCO4)cc(OC)c1O. The largest absolute Gasteiger partial charge is 0.502 e. The van der Waals surface area contributed by atoms with E-state index in [1.54, 1.807) is 24.3 Å². The number of aromatic hydroxyl groups is 1. The van der Waals surface area contributed by atoms with Crippen molar-refractivity contribution in [1.82, 2.24) is 5.32 Å². The van der Waals surface area contributed by atoms with Crippen molar-refractivity contribution in [2.24, 2.45) is 17.6 Å². The molecule has 2 aromatic carbocycles. The zero-order valence-electron chi connectivity index (χ0n) is 19.2. The molecular formula is C24H26N2O9. The Morgan fingerprint density at radius 2 is 1.74 bits per heavy atom. The second-order valence-electron chi connectivity index (χ2n) is 8.45. The molecule has 0 spiro atoms. The van der Waals surface area contributed by atoms with E-state index in [0.29, 0.717) is 28.2 Å². The van der Waals surface area contributed by atoms with E-state index in [9.17, 15) is 14.7 Å². The van der Waals surface area contributed by atoms with Crippen molar-refractivity contribution in [1.29, 1.82) is 0 Å². The smallest absolute Gasteiger partial charge is 0.407 e. The molecule has 11 nitrogen and oxygen atoms in total. The number of carbonyl (C=O) groups is 2. The normalized spacial score (nSPS) is 23.7. The molecule has 4 N–H and O–H groups in total. The summed E-state index contributed by atoms with van der Waals surface area (Å²) in [7, 11) is 2.86. The number of alkyl carbamates (subject to hydrolysis) is 1. The average Bonchev–Trinajstić information content (AvgIpc) is 3.48. The number of nitrogens with two attached hydrogens (primary N) is 1. The summed E-state index contributed by atoms with van der Waals surface area (Å²) in [5, 5.41) is 13.0. The fourth-order valence-corrected chi connectivity index (χ4v) is 5.09. The highest BCUT2D eigenvalue weighted by atomic mass is 16.7. The van der Waals surface area contributed by atoms with Crippen molar-refractivity contribution in [3.63, 3.8) is 0 Å². The molecule has 1 unspecified atom stereocenters. The van der Waals surface area contributed by atoms with E-state index >= 15 is 0 Å². The van der Waals surface area contributed by atoms with Gasteiger partial charge in [-0.05, 0) is 35.4 Å². The molecule has 1 aliphatic carbocycles. The van der Waals surface area contributed by atoms with Crippen LogP contribution in [0.15, 0.2) is 24.3 Å². The first-order valence-corrected chi connectivity index (χ1v) is 11.2. The average molecular weight is 486 g/mol. The number of benzene rings is 2. The van der Waals surface area contributed by atoms with Gasteiger partial charge in [0.15, 0.2) is 23.0 Å². The number of hydrogen-bond acceptors (Lipinski definition) is 10. The molecule has 4 atom stereocenters. The van der Waals surface area contributed by atoms with E-state index in [0.717, 1.165) is 0 Å². The summed E-state index contributed by atoms with van der Waals surface area (Å²) in [5.74, 6) is -0.785. The summed E-state index contributed by atoms with van der Waals surface area (Å²) >= 11 is 0. The molecule has 0 aromatic heterocycles. The van der Waals surface area contributed by atoms with E-state index in [1.165, 1.54) is 14.2 Å². The van der Waals surface area contributed by atoms with Crippen molar-refractivity contribution in [3.8, 4) is 28.7 Å². The fraction of sp³-hybridized carbons (Fsp3) is 0.417. The number of phenols is 1. The fourth-order valence-electron chi connectivity index (χ4n) is 5.09. The van der Waals surface area contributed by atoms with E-state index < -0.39 is 35.9 Å². The van der Waals surface area contributed by atoms with Crippen molar-refractivity contribution < 1.29 is 43.1 Å². The van der Waals surface area contributed by atoms with Gasteiger partial charge in [0.1, 0.15) is 6.10 Å². The van der Waals surface area contributed by atoms with Crippen LogP contribution in [0.5, 0.6) is 28.7 Å². The lowest BCUT2D eigenvalue weighted by molar-refractivity contribution is -0.141.